The number of rotatable bonds is 5. The molecule has 0 bridgehead atoms. The number of fused-ring (bicyclic) bond motifs is 2. The molecule has 0 saturated heterocycles. The topological polar surface area (TPSA) is 0 Å². The van der Waals surface area contributed by atoms with Gasteiger partial charge in [0.15, 0.2) is 0 Å². The molecule has 0 N–H and O–H groups in total. The Bertz CT molecular complexity index is 1040. The average molecular weight is 334 g/mol. The van der Waals surface area contributed by atoms with E-state index < -0.39 is 0 Å². The van der Waals surface area contributed by atoms with Crippen LogP contribution in [-0.2, 0) is 0 Å². The zero-order chi connectivity index (χ0) is 17.9. The van der Waals surface area contributed by atoms with Crippen molar-refractivity contribution in [2.24, 2.45) is 0 Å². The molecule has 26 heavy (non-hydrogen) atoms. The lowest BCUT2D eigenvalue weighted by Crippen LogP contribution is -1.93. The van der Waals surface area contributed by atoms with Crippen LogP contribution in [0.1, 0.15) is 18.4 Å². The van der Waals surface area contributed by atoms with Crippen molar-refractivity contribution < 1.29 is 0 Å². The van der Waals surface area contributed by atoms with Crippen LogP contribution in [0.4, 0.5) is 0 Å². The molecule has 4 rings (SSSR count). The van der Waals surface area contributed by atoms with Crippen LogP contribution in [0.5, 0.6) is 0 Å². The SMILES string of the molecule is C=CCCC(=C)c1c2ccccc2c(-c2ccccc2)c2ccccc12. The van der Waals surface area contributed by atoms with Gasteiger partial charge in [-0.1, -0.05) is 91.5 Å². The van der Waals surface area contributed by atoms with Gasteiger partial charge >= 0.3 is 0 Å². The minimum absolute atomic E-state index is 0.933. The lowest BCUT2D eigenvalue weighted by atomic mass is 9.85. The Labute approximate surface area is 155 Å². The molecular formula is C26H22. The Balaban J connectivity index is 2.14. The minimum Gasteiger partial charge on any atom is -0.103 e. The van der Waals surface area contributed by atoms with Crippen molar-refractivity contribution in [1.82, 2.24) is 0 Å². The highest BCUT2D eigenvalue weighted by Crippen LogP contribution is 2.42. The Morgan fingerprint density at radius 3 is 1.73 bits per heavy atom. The molecule has 126 valence electrons. The van der Waals surface area contributed by atoms with Crippen LogP contribution >= 0.6 is 0 Å². The predicted molar refractivity (Wildman–Crippen MR) is 115 cm³/mol. The number of hydrogen-bond donors (Lipinski definition) is 0. The molecule has 0 aliphatic rings. The van der Waals surface area contributed by atoms with Crippen LogP contribution < -0.4 is 0 Å². The molecule has 0 saturated carbocycles. The lowest BCUT2D eigenvalue weighted by molar-refractivity contribution is 1.08. The number of hydrogen-bond acceptors (Lipinski definition) is 0. The maximum atomic E-state index is 4.42. The van der Waals surface area contributed by atoms with E-state index in [1.807, 2.05) is 6.08 Å². The summed E-state index contributed by atoms with van der Waals surface area (Å²) in [5.74, 6) is 0. The Hall–Kier alpha value is -3.12. The Morgan fingerprint density at radius 1 is 0.692 bits per heavy atom. The monoisotopic (exact) mass is 334 g/mol. The van der Waals surface area contributed by atoms with E-state index in [2.05, 4.69) is 92.0 Å². The second-order valence-corrected chi connectivity index (χ2v) is 6.64. The third-order valence-electron chi connectivity index (χ3n) is 5.00. The van der Waals surface area contributed by atoms with Crippen molar-refractivity contribution in [3.05, 3.63) is 104 Å². The highest BCUT2D eigenvalue weighted by Gasteiger charge is 2.16. The molecule has 0 heterocycles. The second kappa shape index (κ2) is 7.01. The fourth-order valence-corrected chi connectivity index (χ4v) is 3.83. The third-order valence-corrected chi connectivity index (χ3v) is 5.00. The molecule has 0 amide bonds. The summed E-state index contributed by atoms with van der Waals surface area (Å²) in [6.07, 6.45) is 3.85. The number of benzene rings is 4. The van der Waals surface area contributed by atoms with Crippen LogP contribution in [0.25, 0.3) is 38.2 Å². The molecule has 0 aliphatic carbocycles. The first-order chi connectivity index (χ1) is 12.8. The molecule has 0 atom stereocenters. The molecule has 0 nitrogen and oxygen atoms in total. The standard InChI is InChI=1S/C26H22/c1-3-4-12-19(2)25-21-15-8-10-17-23(21)26(20-13-6-5-7-14-20)24-18-11-9-16-22(24)25/h3,5-11,13-18H,1-2,4,12H2. The van der Waals surface area contributed by atoms with E-state index >= 15 is 0 Å². The highest BCUT2D eigenvalue weighted by atomic mass is 14.2. The van der Waals surface area contributed by atoms with Gasteiger partial charge in [0.25, 0.3) is 0 Å². The van der Waals surface area contributed by atoms with Crippen molar-refractivity contribution in [1.29, 1.82) is 0 Å². The largest absolute Gasteiger partial charge is 0.103 e. The smallest absolute Gasteiger partial charge is 0.00264 e. The van der Waals surface area contributed by atoms with Crippen molar-refractivity contribution in [2.45, 2.75) is 12.8 Å². The maximum absolute atomic E-state index is 4.42. The van der Waals surface area contributed by atoms with Gasteiger partial charge in [-0.2, -0.15) is 0 Å². The third kappa shape index (κ3) is 2.74. The summed E-state index contributed by atoms with van der Waals surface area (Å²) < 4.78 is 0. The van der Waals surface area contributed by atoms with E-state index in [0.717, 1.165) is 12.8 Å². The molecule has 0 fully saturated rings. The molecule has 4 aromatic rings. The van der Waals surface area contributed by atoms with Gasteiger partial charge in [0.2, 0.25) is 0 Å². The molecular weight excluding hydrogens is 312 g/mol. The van der Waals surface area contributed by atoms with Gasteiger partial charge in [-0.05, 0) is 56.6 Å². The first-order valence-corrected chi connectivity index (χ1v) is 9.09. The quantitative estimate of drug-likeness (QED) is 0.260. The van der Waals surface area contributed by atoms with Gasteiger partial charge in [0.05, 0.1) is 0 Å². The van der Waals surface area contributed by atoms with Crippen molar-refractivity contribution in [3.8, 4) is 11.1 Å². The van der Waals surface area contributed by atoms with Gasteiger partial charge in [-0.15, -0.1) is 6.58 Å². The van der Waals surface area contributed by atoms with Gasteiger partial charge in [-0.3, -0.25) is 0 Å². The summed E-state index contributed by atoms with van der Waals surface area (Å²) in [5.41, 5.74) is 5.01. The van der Waals surface area contributed by atoms with Gasteiger partial charge in [0.1, 0.15) is 0 Å². The molecule has 4 aromatic carbocycles. The zero-order valence-electron chi connectivity index (χ0n) is 14.9. The van der Waals surface area contributed by atoms with Crippen molar-refractivity contribution >= 4 is 27.1 Å². The summed E-state index contributed by atoms with van der Waals surface area (Å²) in [6.45, 7) is 8.28. The molecule has 0 aliphatic heterocycles. The van der Waals surface area contributed by atoms with Crippen molar-refractivity contribution in [3.63, 3.8) is 0 Å². The van der Waals surface area contributed by atoms with Gasteiger partial charge in [-0.25, -0.2) is 0 Å². The fourth-order valence-electron chi connectivity index (χ4n) is 3.83. The molecule has 0 radical (unpaired) electrons. The van der Waals surface area contributed by atoms with E-state index in [1.54, 1.807) is 0 Å². The van der Waals surface area contributed by atoms with Crippen LogP contribution in [0.15, 0.2) is 98.1 Å². The molecule has 0 heteroatoms. The fraction of sp³-hybridized carbons (Fsp3) is 0.0769. The Morgan fingerprint density at radius 2 is 1.19 bits per heavy atom. The maximum Gasteiger partial charge on any atom is -0.00264 e. The Kier molecular flexibility index (Phi) is 4.41. The van der Waals surface area contributed by atoms with Gasteiger partial charge in [0, 0.05) is 0 Å². The van der Waals surface area contributed by atoms with Crippen LogP contribution in [0.2, 0.25) is 0 Å². The van der Waals surface area contributed by atoms with Crippen LogP contribution in [-0.4, -0.2) is 0 Å². The summed E-state index contributed by atoms with van der Waals surface area (Å²) in [4.78, 5) is 0. The zero-order valence-corrected chi connectivity index (χ0v) is 14.9. The predicted octanol–water partition coefficient (Wildman–Crippen LogP) is 7.64. The van der Waals surface area contributed by atoms with E-state index in [-0.39, 0.29) is 0 Å². The average Bonchev–Trinajstić information content (AvgIpc) is 2.70. The van der Waals surface area contributed by atoms with Crippen LogP contribution in [0, 0.1) is 0 Å². The van der Waals surface area contributed by atoms with E-state index in [9.17, 15) is 0 Å². The van der Waals surface area contributed by atoms with Crippen LogP contribution in [0.3, 0.4) is 0 Å². The summed E-state index contributed by atoms with van der Waals surface area (Å²) in [7, 11) is 0. The summed E-state index contributed by atoms with van der Waals surface area (Å²) >= 11 is 0. The first kappa shape index (κ1) is 16.4. The minimum atomic E-state index is 0.933. The second-order valence-electron chi connectivity index (χ2n) is 6.64. The van der Waals surface area contributed by atoms with Gasteiger partial charge < -0.3 is 0 Å². The highest BCUT2D eigenvalue weighted by molar-refractivity contribution is 6.18. The lowest BCUT2D eigenvalue weighted by Gasteiger charge is -2.18. The molecule has 0 spiro atoms. The first-order valence-electron chi connectivity index (χ1n) is 9.09. The normalized spacial score (nSPS) is 10.9. The number of allylic oxidation sites excluding steroid dienone is 2. The summed E-state index contributed by atoms with van der Waals surface area (Å²) in [6, 6.07) is 28.1. The van der Waals surface area contributed by atoms with E-state index in [0.29, 0.717) is 0 Å². The van der Waals surface area contributed by atoms with E-state index in [4.69, 9.17) is 0 Å². The summed E-state index contributed by atoms with van der Waals surface area (Å²) in [5, 5.41) is 5.12. The molecule has 0 unspecified atom stereocenters. The van der Waals surface area contributed by atoms with E-state index in [1.165, 1.54) is 43.8 Å². The molecule has 0 aromatic heterocycles. The van der Waals surface area contributed by atoms with Crippen molar-refractivity contribution in [2.75, 3.05) is 0 Å².